The second-order valence-electron chi connectivity index (χ2n) is 11.7. The van der Waals surface area contributed by atoms with E-state index in [4.69, 9.17) is 5.73 Å². The zero-order valence-electron chi connectivity index (χ0n) is 24.8. The average molecular weight is 620 g/mol. The lowest BCUT2D eigenvalue weighted by Crippen LogP contribution is -2.63. The number of nitrogens with two attached hydrogens (primary N) is 1. The molecule has 2 aromatic rings. The number of amides is 2. The highest BCUT2D eigenvalue weighted by molar-refractivity contribution is 6.25. The molecule has 4 unspecified atom stereocenters. The molecule has 7 N–H and O–H groups in total. The maximum Gasteiger partial charge on any atom is 0.306 e. The molecule has 236 valence electrons. The largest absolute Gasteiger partial charge is 0.510 e. The number of methoxy groups -OCH3 is 1. The number of carbonyl (C=O) groups excluding carboxylic acids is 5. The molecule has 0 saturated heterocycles. The van der Waals surface area contributed by atoms with E-state index >= 15 is 0 Å². The van der Waals surface area contributed by atoms with Crippen molar-refractivity contribution in [1.29, 1.82) is 0 Å². The number of aliphatic hydroxyl groups is 3. The summed E-state index contributed by atoms with van der Waals surface area (Å²) in [5.41, 5.74) is 3.65. The Hall–Kier alpha value is -5.01. The first kappa shape index (κ1) is 31.4. The molecule has 4 atom stereocenters. The van der Waals surface area contributed by atoms with Crippen LogP contribution in [0.2, 0.25) is 0 Å². The summed E-state index contributed by atoms with van der Waals surface area (Å²) in [6.45, 7) is 0. The zero-order chi connectivity index (χ0) is 33.0. The lowest BCUT2D eigenvalue weighted by molar-refractivity contribution is -0.148. The van der Waals surface area contributed by atoms with Gasteiger partial charge in [0.25, 0.3) is 5.91 Å². The Kier molecular flexibility index (Phi) is 8.02. The molecule has 2 aromatic carbocycles. The van der Waals surface area contributed by atoms with Crippen molar-refractivity contribution >= 4 is 35.0 Å². The number of phenolic OH excluding ortho intramolecular Hbond substituents is 1. The first-order chi connectivity index (χ1) is 21.2. The van der Waals surface area contributed by atoms with Crippen LogP contribution in [-0.4, -0.2) is 87.5 Å². The van der Waals surface area contributed by atoms with Crippen molar-refractivity contribution in [2.24, 2.45) is 17.6 Å². The number of allylic oxidation sites excluding steroid dienone is 1. The Morgan fingerprint density at radius 1 is 1.04 bits per heavy atom. The molecule has 5 rings (SSSR count). The van der Waals surface area contributed by atoms with Crippen LogP contribution in [0.3, 0.4) is 0 Å². The van der Waals surface area contributed by atoms with E-state index in [2.05, 4.69) is 10.1 Å². The number of nitrogens with zero attached hydrogens (tertiary/aromatic N) is 1. The molecule has 13 nitrogen and oxygen atoms in total. The van der Waals surface area contributed by atoms with Crippen molar-refractivity contribution in [3.8, 4) is 16.9 Å². The van der Waals surface area contributed by atoms with Gasteiger partial charge in [-0.1, -0.05) is 18.2 Å². The third-order valence-corrected chi connectivity index (χ3v) is 8.87. The van der Waals surface area contributed by atoms with Crippen molar-refractivity contribution in [2.75, 3.05) is 26.5 Å². The van der Waals surface area contributed by atoms with Gasteiger partial charge in [0.15, 0.2) is 11.4 Å². The number of esters is 1. The normalized spacial score (nSPS) is 24.2. The van der Waals surface area contributed by atoms with Gasteiger partial charge in [0.1, 0.15) is 22.8 Å². The summed E-state index contributed by atoms with van der Waals surface area (Å²) in [6, 6.07) is 8.60. The molecule has 0 fully saturated rings. The van der Waals surface area contributed by atoms with Crippen molar-refractivity contribution in [3.05, 3.63) is 70.2 Å². The Labute approximate surface area is 257 Å². The summed E-state index contributed by atoms with van der Waals surface area (Å²) in [5.74, 6) is -8.03. The quantitative estimate of drug-likeness (QED) is 0.194. The number of nitrogens with one attached hydrogen (secondary N) is 1. The number of ketones is 2. The Morgan fingerprint density at radius 2 is 1.71 bits per heavy atom. The van der Waals surface area contributed by atoms with Crippen LogP contribution in [0, 0.1) is 11.8 Å². The highest BCUT2D eigenvalue weighted by atomic mass is 16.5. The Bertz CT molecular complexity index is 1710. The summed E-state index contributed by atoms with van der Waals surface area (Å²) in [5, 5.41) is 47.6. The summed E-state index contributed by atoms with van der Waals surface area (Å²) in [7, 11) is 4.37. The smallest absolute Gasteiger partial charge is 0.306 e. The molecule has 0 heterocycles. The van der Waals surface area contributed by atoms with Crippen LogP contribution in [0.1, 0.15) is 35.2 Å². The summed E-state index contributed by atoms with van der Waals surface area (Å²) in [4.78, 5) is 64.5. The van der Waals surface area contributed by atoms with Gasteiger partial charge in [-0.3, -0.25) is 28.9 Å². The molecule has 0 bridgehead atoms. The van der Waals surface area contributed by atoms with Crippen LogP contribution < -0.4 is 11.1 Å². The Balaban J connectivity index is 1.53. The standard InChI is InChI=1S/C32H33N3O10/c1-35(2)26-19-13-15-12-18-17(14-4-6-16(7-5-14)34-21(37)10-11-22(38)45-3)8-9-20(36)24(18)27(39)23(15)29(41)32(19,44)30(42)25(28(26)40)31(33)43/h4-9,15,19,26,36,40-41,44H,10-13H2,1-3H3,(H2,33,43)(H,34,37). The van der Waals surface area contributed by atoms with Crippen LogP contribution in [0.4, 0.5) is 5.69 Å². The van der Waals surface area contributed by atoms with E-state index in [9.17, 15) is 44.4 Å². The van der Waals surface area contributed by atoms with Gasteiger partial charge < -0.3 is 36.2 Å². The highest BCUT2D eigenvalue weighted by Gasteiger charge is 2.63. The number of carbonyl (C=O) groups is 5. The minimum atomic E-state index is -2.71. The fourth-order valence-corrected chi connectivity index (χ4v) is 6.80. The minimum Gasteiger partial charge on any atom is -0.510 e. The summed E-state index contributed by atoms with van der Waals surface area (Å²) < 4.78 is 4.55. The molecular weight excluding hydrogens is 586 g/mol. The maximum absolute atomic E-state index is 13.9. The summed E-state index contributed by atoms with van der Waals surface area (Å²) >= 11 is 0. The number of likely N-dealkylation sites (N-methyl/N-ethyl adjacent to an activating group) is 1. The van der Waals surface area contributed by atoms with Crippen LogP contribution in [0.15, 0.2) is 59.1 Å². The third-order valence-electron chi connectivity index (χ3n) is 8.87. The van der Waals surface area contributed by atoms with Crippen LogP contribution in [0.25, 0.3) is 11.1 Å². The van der Waals surface area contributed by atoms with Gasteiger partial charge in [-0.05, 0) is 67.7 Å². The van der Waals surface area contributed by atoms with Crippen LogP contribution >= 0.6 is 0 Å². The molecule has 0 radical (unpaired) electrons. The minimum absolute atomic E-state index is 0.0304. The SMILES string of the molecule is COC(=O)CCC(=O)Nc1ccc(-c2ccc(O)c3c2CC2CC4C(N(C)C)C(O)=C(C(N)=O)C(=O)C4(O)C(O)=C2C3=O)cc1. The number of aromatic hydroxyl groups is 1. The lowest BCUT2D eigenvalue weighted by atomic mass is 9.58. The third kappa shape index (κ3) is 5.03. The van der Waals surface area contributed by atoms with Crippen molar-refractivity contribution in [3.63, 3.8) is 0 Å². The number of hydrogen-bond donors (Lipinski definition) is 6. The number of fused-ring (bicyclic) bond motifs is 3. The predicted molar refractivity (Wildman–Crippen MR) is 159 cm³/mol. The number of anilines is 1. The maximum atomic E-state index is 13.9. The van der Waals surface area contributed by atoms with Gasteiger partial charge in [0.05, 0.1) is 25.1 Å². The first-order valence-electron chi connectivity index (χ1n) is 14.2. The molecule has 0 saturated carbocycles. The molecule has 3 aliphatic carbocycles. The number of Topliss-reactive ketones (excluding diaryl/α,β-unsaturated/α-hetero) is 2. The lowest BCUT2D eigenvalue weighted by Gasteiger charge is -2.50. The van der Waals surface area contributed by atoms with Gasteiger partial charge in [0, 0.05) is 23.6 Å². The van der Waals surface area contributed by atoms with E-state index in [0.717, 1.165) is 0 Å². The van der Waals surface area contributed by atoms with E-state index in [0.29, 0.717) is 22.4 Å². The van der Waals surface area contributed by atoms with Gasteiger partial charge in [-0.25, -0.2) is 0 Å². The van der Waals surface area contributed by atoms with Crippen molar-refractivity contribution in [2.45, 2.75) is 37.3 Å². The van der Waals surface area contributed by atoms with E-state index in [1.54, 1.807) is 44.4 Å². The molecule has 2 amide bonds. The number of phenols is 1. The number of aliphatic hydroxyl groups excluding tert-OH is 2. The summed E-state index contributed by atoms with van der Waals surface area (Å²) in [6.07, 6.45) is -0.0211. The molecule has 0 aromatic heterocycles. The highest BCUT2D eigenvalue weighted by Crippen LogP contribution is 2.53. The second kappa shape index (κ2) is 11.5. The van der Waals surface area contributed by atoms with Crippen molar-refractivity contribution < 1.29 is 49.1 Å². The topological polar surface area (TPSA) is 217 Å². The molecule has 13 heteroatoms. The van der Waals surface area contributed by atoms with Gasteiger partial charge in [-0.2, -0.15) is 0 Å². The molecule has 0 spiro atoms. The second-order valence-corrected chi connectivity index (χ2v) is 11.7. The fraction of sp³-hybridized carbons (Fsp3) is 0.344. The van der Waals surface area contributed by atoms with Gasteiger partial charge >= 0.3 is 5.97 Å². The average Bonchev–Trinajstić information content (AvgIpc) is 2.98. The predicted octanol–water partition coefficient (Wildman–Crippen LogP) is 1.68. The van der Waals surface area contributed by atoms with Crippen LogP contribution in [0.5, 0.6) is 5.75 Å². The Morgan fingerprint density at radius 3 is 2.31 bits per heavy atom. The molecule has 45 heavy (non-hydrogen) atoms. The van der Waals surface area contributed by atoms with E-state index in [1.165, 1.54) is 18.1 Å². The number of rotatable bonds is 7. The number of benzene rings is 2. The fourth-order valence-electron chi connectivity index (χ4n) is 6.80. The zero-order valence-corrected chi connectivity index (χ0v) is 24.8. The molecule has 3 aliphatic rings. The monoisotopic (exact) mass is 619 g/mol. The van der Waals surface area contributed by atoms with Crippen LogP contribution in [-0.2, 0) is 30.3 Å². The van der Waals surface area contributed by atoms with Gasteiger partial charge in [0.2, 0.25) is 11.7 Å². The number of ether oxygens (including phenoxy) is 1. The van der Waals surface area contributed by atoms with E-state index in [-0.39, 0.29) is 48.5 Å². The van der Waals surface area contributed by atoms with Crippen molar-refractivity contribution in [1.82, 2.24) is 4.90 Å². The van der Waals surface area contributed by atoms with E-state index < -0.39 is 64.0 Å². The van der Waals surface area contributed by atoms with E-state index in [1.807, 2.05) is 0 Å². The first-order valence-corrected chi connectivity index (χ1v) is 14.2. The number of primary amides is 1. The molecular formula is C32H33N3O10. The number of hydrogen-bond acceptors (Lipinski definition) is 11. The molecule has 0 aliphatic heterocycles. The van der Waals surface area contributed by atoms with Gasteiger partial charge in [-0.15, -0.1) is 0 Å².